The fraction of sp³-hybridized carbons (Fsp3) is 0.0625. The number of benzene rings is 2. The lowest BCUT2D eigenvalue weighted by Gasteiger charge is -2.07. The molecule has 1 amide bonds. The van der Waals surface area contributed by atoms with E-state index < -0.39 is 10.0 Å². The second-order valence-corrected chi connectivity index (χ2v) is 6.80. The highest BCUT2D eigenvalue weighted by atomic mass is 32.2. The predicted molar refractivity (Wildman–Crippen MR) is 94.0 cm³/mol. The van der Waals surface area contributed by atoms with E-state index >= 15 is 0 Å². The molecule has 8 nitrogen and oxygen atoms in total. The summed E-state index contributed by atoms with van der Waals surface area (Å²) in [6.45, 7) is 0. The Morgan fingerprint density at radius 3 is 2.48 bits per heavy atom. The summed E-state index contributed by atoms with van der Waals surface area (Å²) >= 11 is 0. The van der Waals surface area contributed by atoms with Gasteiger partial charge >= 0.3 is 0 Å². The van der Waals surface area contributed by atoms with E-state index in [0.717, 1.165) is 5.39 Å². The van der Waals surface area contributed by atoms with E-state index in [4.69, 9.17) is 5.14 Å². The quantitative estimate of drug-likeness (QED) is 0.647. The van der Waals surface area contributed by atoms with Crippen molar-refractivity contribution >= 4 is 38.5 Å². The van der Waals surface area contributed by atoms with Gasteiger partial charge in [0.25, 0.3) is 5.91 Å². The van der Waals surface area contributed by atoms with E-state index in [0.29, 0.717) is 22.7 Å². The van der Waals surface area contributed by atoms with Gasteiger partial charge in [-0.25, -0.2) is 23.5 Å². The summed E-state index contributed by atoms with van der Waals surface area (Å²) < 4.78 is 22.5. The Morgan fingerprint density at radius 2 is 1.84 bits per heavy atom. The summed E-state index contributed by atoms with van der Waals surface area (Å²) in [5.41, 5.74) is 1.71. The number of sulfonamides is 1. The summed E-state index contributed by atoms with van der Waals surface area (Å²) in [5.74, 6) is 0.124. The highest BCUT2D eigenvalue weighted by molar-refractivity contribution is 7.89. The molecule has 0 aliphatic carbocycles. The van der Waals surface area contributed by atoms with Crippen LogP contribution >= 0.6 is 0 Å². The Kier molecular flexibility index (Phi) is 4.34. The van der Waals surface area contributed by atoms with Gasteiger partial charge in [-0.2, -0.15) is 0 Å². The van der Waals surface area contributed by atoms with Gasteiger partial charge in [0, 0.05) is 29.9 Å². The molecular formula is C16H15N5O3S. The number of fused-ring (bicyclic) bond motifs is 1. The van der Waals surface area contributed by atoms with Crippen molar-refractivity contribution in [3.63, 3.8) is 0 Å². The van der Waals surface area contributed by atoms with Gasteiger partial charge in [-0.1, -0.05) is 6.07 Å². The molecule has 1 aromatic heterocycles. The summed E-state index contributed by atoms with van der Waals surface area (Å²) in [4.78, 5) is 20.3. The number of carbonyl (C=O) groups is 1. The molecule has 0 saturated heterocycles. The molecule has 9 heteroatoms. The number of carbonyl (C=O) groups excluding carboxylic acids is 1. The molecule has 25 heavy (non-hydrogen) atoms. The van der Waals surface area contributed by atoms with Crippen LogP contribution in [-0.4, -0.2) is 31.3 Å². The van der Waals surface area contributed by atoms with E-state index in [-0.39, 0.29) is 10.8 Å². The van der Waals surface area contributed by atoms with Gasteiger partial charge in [-0.15, -0.1) is 0 Å². The minimum Gasteiger partial charge on any atom is -0.355 e. The van der Waals surface area contributed by atoms with Crippen molar-refractivity contribution in [3.05, 3.63) is 54.2 Å². The van der Waals surface area contributed by atoms with Crippen molar-refractivity contribution in [2.45, 2.75) is 4.90 Å². The average molecular weight is 357 g/mol. The lowest BCUT2D eigenvalue weighted by Crippen LogP contribution is -2.17. The van der Waals surface area contributed by atoms with Gasteiger partial charge in [-0.05, 0) is 36.4 Å². The maximum absolute atomic E-state index is 11.7. The molecule has 0 aliphatic rings. The molecule has 0 unspecified atom stereocenters. The maximum Gasteiger partial charge on any atom is 0.251 e. The molecule has 2 aromatic carbocycles. The predicted octanol–water partition coefficient (Wildman–Crippen LogP) is 1.38. The van der Waals surface area contributed by atoms with Crippen molar-refractivity contribution in [2.75, 3.05) is 12.4 Å². The Morgan fingerprint density at radius 1 is 1.12 bits per heavy atom. The molecule has 0 aliphatic heterocycles. The zero-order chi connectivity index (χ0) is 18.0. The molecule has 3 rings (SSSR count). The monoisotopic (exact) mass is 357 g/mol. The first-order chi connectivity index (χ1) is 11.9. The third-order valence-electron chi connectivity index (χ3n) is 3.51. The van der Waals surface area contributed by atoms with Gasteiger partial charge in [0.15, 0.2) is 0 Å². The van der Waals surface area contributed by atoms with E-state index in [1.165, 1.54) is 12.1 Å². The number of rotatable bonds is 4. The molecule has 0 bridgehead atoms. The summed E-state index contributed by atoms with van der Waals surface area (Å²) in [6.07, 6.45) is 1.64. The van der Waals surface area contributed by atoms with Crippen LogP contribution in [0.15, 0.2) is 53.6 Å². The number of nitrogens with zero attached hydrogens (tertiary/aromatic N) is 2. The Balaban J connectivity index is 1.89. The number of aromatic nitrogens is 2. The lowest BCUT2D eigenvalue weighted by molar-refractivity contribution is 0.0963. The van der Waals surface area contributed by atoms with Crippen LogP contribution in [-0.2, 0) is 10.0 Å². The zero-order valence-corrected chi connectivity index (χ0v) is 14.0. The van der Waals surface area contributed by atoms with E-state index in [2.05, 4.69) is 20.6 Å². The van der Waals surface area contributed by atoms with Gasteiger partial charge in [-0.3, -0.25) is 4.79 Å². The van der Waals surface area contributed by atoms with E-state index in [9.17, 15) is 13.2 Å². The van der Waals surface area contributed by atoms with Crippen LogP contribution < -0.4 is 15.8 Å². The summed E-state index contributed by atoms with van der Waals surface area (Å²) in [6, 6.07) is 11.0. The topological polar surface area (TPSA) is 127 Å². The Hall–Kier alpha value is -3.04. The van der Waals surface area contributed by atoms with Crippen molar-refractivity contribution in [3.8, 4) is 0 Å². The minimum atomic E-state index is -3.73. The second kappa shape index (κ2) is 6.46. The van der Waals surface area contributed by atoms with Crippen LogP contribution in [0.5, 0.6) is 0 Å². The first kappa shape index (κ1) is 16.8. The van der Waals surface area contributed by atoms with E-state index in [1.807, 2.05) is 0 Å². The fourth-order valence-electron chi connectivity index (χ4n) is 2.23. The minimum absolute atomic E-state index is 0.0210. The number of hydrogen-bond acceptors (Lipinski definition) is 6. The Labute approximate surface area is 144 Å². The standard InChI is InChI=1S/C16H15N5O3S/c1-18-15(22)10-2-3-11-9-19-16(21-14(11)8-10)20-12-4-6-13(7-5-12)25(17,23)24/h2-9H,1H3,(H,18,22)(H2,17,23,24)(H,19,20,21). The fourth-order valence-corrected chi connectivity index (χ4v) is 2.74. The number of anilines is 2. The SMILES string of the molecule is CNC(=O)c1ccc2cnc(Nc3ccc(S(N)(=O)=O)cc3)nc2c1. The van der Waals surface area contributed by atoms with Crippen LogP contribution in [0.25, 0.3) is 10.9 Å². The van der Waals surface area contributed by atoms with Gasteiger partial charge in [0.1, 0.15) is 0 Å². The molecule has 0 fully saturated rings. The van der Waals surface area contributed by atoms with Crippen LogP contribution in [0.2, 0.25) is 0 Å². The lowest BCUT2D eigenvalue weighted by atomic mass is 10.1. The smallest absolute Gasteiger partial charge is 0.251 e. The molecule has 0 spiro atoms. The largest absolute Gasteiger partial charge is 0.355 e. The number of nitrogens with one attached hydrogen (secondary N) is 2. The molecule has 1 heterocycles. The highest BCUT2D eigenvalue weighted by Crippen LogP contribution is 2.19. The molecule has 0 saturated carbocycles. The molecule has 4 N–H and O–H groups in total. The van der Waals surface area contributed by atoms with Gasteiger partial charge in [0.2, 0.25) is 16.0 Å². The maximum atomic E-state index is 11.7. The highest BCUT2D eigenvalue weighted by Gasteiger charge is 2.08. The normalized spacial score (nSPS) is 11.3. The average Bonchev–Trinajstić information content (AvgIpc) is 2.60. The molecule has 3 aromatic rings. The summed E-state index contributed by atoms with van der Waals surface area (Å²) in [5, 5.41) is 11.4. The first-order valence-electron chi connectivity index (χ1n) is 7.25. The van der Waals surface area contributed by atoms with Crippen molar-refractivity contribution in [1.29, 1.82) is 0 Å². The first-order valence-corrected chi connectivity index (χ1v) is 8.80. The van der Waals surface area contributed by atoms with Crippen LogP contribution in [0.1, 0.15) is 10.4 Å². The van der Waals surface area contributed by atoms with E-state index in [1.54, 1.807) is 43.6 Å². The molecule has 128 valence electrons. The molecular weight excluding hydrogens is 342 g/mol. The molecule has 0 radical (unpaired) electrons. The van der Waals surface area contributed by atoms with Crippen molar-refractivity contribution in [1.82, 2.24) is 15.3 Å². The Bertz CT molecular complexity index is 1050. The van der Waals surface area contributed by atoms with Crippen LogP contribution in [0.4, 0.5) is 11.6 Å². The second-order valence-electron chi connectivity index (χ2n) is 5.24. The number of amides is 1. The van der Waals surface area contributed by atoms with Crippen molar-refractivity contribution in [2.24, 2.45) is 5.14 Å². The van der Waals surface area contributed by atoms with Crippen LogP contribution in [0, 0.1) is 0 Å². The number of nitrogens with two attached hydrogens (primary N) is 1. The van der Waals surface area contributed by atoms with Gasteiger partial charge in [0.05, 0.1) is 10.4 Å². The van der Waals surface area contributed by atoms with Crippen molar-refractivity contribution < 1.29 is 13.2 Å². The van der Waals surface area contributed by atoms with Crippen LogP contribution in [0.3, 0.4) is 0 Å². The number of hydrogen-bond donors (Lipinski definition) is 3. The number of primary sulfonamides is 1. The van der Waals surface area contributed by atoms with Gasteiger partial charge < -0.3 is 10.6 Å². The third-order valence-corrected chi connectivity index (χ3v) is 4.44. The summed E-state index contributed by atoms with van der Waals surface area (Å²) in [7, 11) is -2.17. The third kappa shape index (κ3) is 3.73. The molecule has 0 atom stereocenters. The zero-order valence-electron chi connectivity index (χ0n) is 13.2.